The van der Waals surface area contributed by atoms with E-state index in [2.05, 4.69) is 20.8 Å². The summed E-state index contributed by atoms with van der Waals surface area (Å²) in [6.45, 7) is 7.82. The van der Waals surface area contributed by atoms with Crippen molar-refractivity contribution in [3.8, 4) is 0 Å². The fraction of sp³-hybridized carbons (Fsp3) is 1.00. The summed E-state index contributed by atoms with van der Waals surface area (Å²) in [7, 11) is 0. The Morgan fingerprint density at radius 2 is 1.55 bits per heavy atom. The van der Waals surface area contributed by atoms with Gasteiger partial charge in [0.1, 0.15) is 12.2 Å². The summed E-state index contributed by atoms with van der Waals surface area (Å²) in [4.78, 5) is 1.96. The van der Waals surface area contributed by atoms with Gasteiger partial charge >= 0.3 is 0 Å². The number of likely N-dealkylation sites (tertiary alicyclic amines) is 1. The maximum absolute atomic E-state index is 10.0. The van der Waals surface area contributed by atoms with E-state index in [1.807, 2.05) is 4.90 Å². The van der Waals surface area contributed by atoms with E-state index >= 15 is 0 Å². The van der Waals surface area contributed by atoms with Crippen LogP contribution in [0.2, 0.25) is 0 Å². The maximum Gasteiger partial charge on any atom is 0.109 e. The Morgan fingerprint density at radius 3 is 2.05 bits per heavy atom. The highest BCUT2D eigenvalue weighted by Gasteiger charge is 2.42. The average molecular weight is 315 g/mol. The van der Waals surface area contributed by atoms with Gasteiger partial charge in [0.05, 0.1) is 18.8 Å². The fourth-order valence-electron chi connectivity index (χ4n) is 4.13. The maximum atomic E-state index is 10.0. The molecule has 0 aromatic heterocycles. The van der Waals surface area contributed by atoms with E-state index in [1.165, 1.54) is 12.8 Å². The van der Waals surface area contributed by atoms with Gasteiger partial charge in [-0.15, -0.1) is 0 Å². The Bertz CT molecular complexity index is 349. The predicted octanol–water partition coefficient (Wildman–Crippen LogP) is 0.598. The van der Waals surface area contributed by atoms with Gasteiger partial charge in [-0.05, 0) is 42.9 Å². The number of hydrogen-bond acceptors (Lipinski definition) is 5. The lowest BCUT2D eigenvalue weighted by atomic mass is 9.69. The van der Waals surface area contributed by atoms with Gasteiger partial charge in [0.15, 0.2) is 0 Å². The molecule has 0 radical (unpaired) electrons. The highest BCUT2D eigenvalue weighted by molar-refractivity contribution is 4.95. The Balaban J connectivity index is 1.90. The zero-order valence-corrected chi connectivity index (χ0v) is 14.1. The summed E-state index contributed by atoms with van der Waals surface area (Å²) in [5.41, 5.74) is 0.361. The molecule has 22 heavy (non-hydrogen) atoms. The van der Waals surface area contributed by atoms with Crippen LogP contribution in [0, 0.1) is 17.3 Å². The van der Waals surface area contributed by atoms with E-state index in [1.54, 1.807) is 0 Å². The SMILES string of the molecule is CC(C)(C)[C@H]1CC[C@@H](CN2C[C@H](O)[C@@H](O)[C@H](O)[C@H]2CO)CC1. The van der Waals surface area contributed by atoms with Gasteiger partial charge in [0.25, 0.3) is 0 Å². The molecule has 1 heterocycles. The van der Waals surface area contributed by atoms with Gasteiger partial charge in [0, 0.05) is 13.1 Å². The van der Waals surface area contributed by atoms with E-state index < -0.39 is 24.4 Å². The van der Waals surface area contributed by atoms with Gasteiger partial charge in [0.2, 0.25) is 0 Å². The van der Waals surface area contributed by atoms with Gasteiger partial charge in [-0.3, -0.25) is 4.90 Å². The molecule has 4 atom stereocenters. The highest BCUT2D eigenvalue weighted by atomic mass is 16.4. The lowest BCUT2D eigenvalue weighted by Gasteiger charge is -2.45. The number of β-amino-alcohol motifs (C(OH)–C–C–N with tert-alkyl or cyclic N) is 1. The Morgan fingerprint density at radius 1 is 0.955 bits per heavy atom. The number of aliphatic hydroxyl groups excluding tert-OH is 4. The third-order valence-corrected chi connectivity index (χ3v) is 5.78. The van der Waals surface area contributed by atoms with Crippen molar-refractivity contribution in [3.05, 3.63) is 0 Å². The predicted molar refractivity (Wildman–Crippen MR) is 85.4 cm³/mol. The molecule has 1 aliphatic carbocycles. The summed E-state index contributed by atoms with van der Waals surface area (Å²) in [5.74, 6) is 1.30. The monoisotopic (exact) mass is 315 g/mol. The Kier molecular flexibility index (Phi) is 5.89. The van der Waals surface area contributed by atoms with Crippen LogP contribution in [0.4, 0.5) is 0 Å². The first-order valence-corrected chi connectivity index (χ1v) is 8.63. The smallest absolute Gasteiger partial charge is 0.109 e. The average Bonchev–Trinajstić information content (AvgIpc) is 2.45. The quantitative estimate of drug-likeness (QED) is 0.613. The van der Waals surface area contributed by atoms with Crippen molar-refractivity contribution in [2.45, 2.75) is 70.8 Å². The molecule has 1 aliphatic heterocycles. The molecule has 1 saturated heterocycles. The first-order chi connectivity index (χ1) is 10.2. The molecule has 5 nitrogen and oxygen atoms in total. The second-order valence-electron chi connectivity index (χ2n) is 8.34. The molecule has 0 bridgehead atoms. The number of aliphatic hydroxyl groups is 4. The van der Waals surface area contributed by atoms with E-state index in [-0.39, 0.29) is 6.61 Å². The minimum Gasteiger partial charge on any atom is -0.395 e. The highest BCUT2D eigenvalue weighted by Crippen LogP contribution is 2.40. The van der Waals surface area contributed by atoms with Crippen LogP contribution >= 0.6 is 0 Å². The molecule has 2 fully saturated rings. The van der Waals surface area contributed by atoms with Crippen LogP contribution in [0.3, 0.4) is 0 Å². The van der Waals surface area contributed by atoms with Gasteiger partial charge in [-0.1, -0.05) is 20.8 Å². The van der Waals surface area contributed by atoms with Crippen LogP contribution in [0.5, 0.6) is 0 Å². The van der Waals surface area contributed by atoms with Crippen molar-refractivity contribution in [2.75, 3.05) is 19.7 Å². The standard InChI is InChI=1S/C17H33NO4/c1-17(2,3)12-6-4-11(5-7-12)8-18-9-14(20)16(22)15(21)13(18)10-19/h11-16,19-22H,4-10H2,1-3H3/t11-,12+,13-,14+,15-,16-/m1/s1. The van der Waals surface area contributed by atoms with Crippen molar-refractivity contribution < 1.29 is 20.4 Å². The van der Waals surface area contributed by atoms with Crippen LogP contribution < -0.4 is 0 Å². The van der Waals surface area contributed by atoms with E-state index in [4.69, 9.17) is 0 Å². The third-order valence-electron chi connectivity index (χ3n) is 5.78. The molecule has 0 unspecified atom stereocenters. The van der Waals surface area contributed by atoms with Crippen LogP contribution in [-0.4, -0.2) is 69.4 Å². The topological polar surface area (TPSA) is 84.2 Å². The van der Waals surface area contributed by atoms with Crippen molar-refractivity contribution in [3.63, 3.8) is 0 Å². The van der Waals surface area contributed by atoms with Crippen molar-refractivity contribution in [1.82, 2.24) is 4.90 Å². The van der Waals surface area contributed by atoms with Crippen LogP contribution in [0.25, 0.3) is 0 Å². The number of hydrogen-bond donors (Lipinski definition) is 4. The summed E-state index contributed by atoms with van der Waals surface area (Å²) >= 11 is 0. The molecule has 0 amide bonds. The fourth-order valence-corrected chi connectivity index (χ4v) is 4.13. The number of piperidine rings is 1. The Labute approximate surface area is 134 Å². The summed E-state index contributed by atoms with van der Waals surface area (Å²) in [5, 5.41) is 39.2. The van der Waals surface area contributed by atoms with Crippen LogP contribution in [-0.2, 0) is 0 Å². The molecule has 5 heteroatoms. The third kappa shape index (κ3) is 4.01. The second-order valence-corrected chi connectivity index (χ2v) is 8.34. The minimum absolute atomic E-state index is 0.192. The van der Waals surface area contributed by atoms with E-state index in [0.717, 1.165) is 25.3 Å². The normalized spacial score (nSPS) is 41.6. The van der Waals surface area contributed by atoms with Crippen molar-refractivity contribution in [2.24, 2.45) is 17.3 Å². The lowest BCUT2D eigenvalue weighted by molar-refractivity contribution is -0.148. The molecule has 0 aromatic carbocycles. The molecule has 1 saturated carbocycles. The van der Waals surface area contributed by atoms with Crippen molar-refractivity contribution >= 4 is 0 Å². The molecule has 0 aromatic rings. The number of nitrogens with zero attached hydrogens (tertiary/aromatic N) is 1. The minimum atomic E-state index is -1.16. The van der Waals surface area contributed by atoms with Gasteiger partial charge < -0.3 is 20.4 Å². The lowest BCUT2D eigenvalue weighted by Crippen LogP contribution is -2.63. The van der Waals surface area contributed by atoms with Crippen molar-refractivity contribution in [1.29, 1.82) is 0 Å². The van der Waals surface area contributed by atoms with Gasteiger partial charge in [-0.25, -0.2) is 0 Å². The second kappa shape index (κ2) is 7.14. The first kappa shape index (κ1) is 18.1. The molecule has 2 aliphatic rings. The largest absolute Gasteiger partial charge is 0.395 e. The van der Waals surface area contributed by atoms with Crippen LogP contribution in [0.15, 0.2) is 0 Å². The summed E-state index contributed by atoms with van der Waals surface area (Å²) < 4.78 is 0. The molecule has 4 N–H and O–H groups in total. The first-order valence-electron chi connectivity index (χ1n) is 8.63. The summed E-state index contributed by atoms with van der Waals surface area (Å²) in [6.07, 6.45) is 1.57. The molecular formula is C17H33NO4. The van der Waals surface area contributed by atoms with Gasteiger partial charge in [-0.2, -0.15) is 0 Å². The zero-order valence-electron chi connectivity index (χ0n) is 14.1. The van der Waals surface area contributed by atoms with E-state index in [9.17, 15) is 20.4 Å². The number of rotatable bonds is 3. The molecule has 2 rings (SSSR count). The molecular weight excluding hydrogens is 282 g/mol. The zero-order chi connectivity index (χ0) is 16.5. The molecule has 0 spiro atoms. The Hall–Kier alpha value is -0.200. The molecule has 130 valence electrons. The summed E-state index contributed by atoms with van der Waals surface area (Å²) in [6, 6.07) is -0.473. The van der Waals surface area contributed by atoms with Crippen LogP contribution in [0.1, 0.15) is 46.5 Å². The van der Waals surface area contributed by atoms with E-state index in [0.29, 0.717) is 17.9 Å².